The largest absolute Gasteiger partial charge is 0.468 e. The Balaban J connectivity index is 0.00000312. The van der Waals surface area contributed by atoms with Crippen LogP contribution >= 0.6 is 12.4 Å². The summed E-state index contributed by atoms with van der Waals surface area (Å²) in [7, 11) is -2.69. The van der Waals surface area contributed by atoms with Crippen molar-refractivity contribution < 1.29 is 22.7 Å². The summed E-state index contributed by atoms with van der Waals surface area (Å²) in [4.78, 5) is 23.2. The van der Waals surface area contributed by atoms with E-state index in [0.717, 1.165) is 25.8 Å². The second-order valence-corrected chi connectivity index (χ2v) is 7.19. The van der Waals surface area contributed by atoms with Crippen molar-refractivity contribution in [2.45, 2.75) is 30.2 Å². The Kier molecular flexibility index (Phi) is 8.30. The summed E-state index contributed by atoms with van der Waals surface area (Å²) in [5.41, 5.74) is 0.383. The van der Waals surface area contributed by atoms with E-state index in [1.165, 1.54) is 25.3 Å². The van der Waals surface area contributed by atoms with Crippen LogP contribution in [0.2, 0.25) is 0 Å². The van der Waals surface area contributed by atoms with Crippen LogP contribution in [-0.2, 0) is 24.3 Å². The van der Waals surface area contributed by atoms with Crippen molar-refractivity contribution in [3.63, 3.8) is 0 Å². The van der Waals surface area contributed by atoms with Gasteiger partial charge in [0.2, 0.25) is 15.9 Å². The molecule has 0 aromatic heterocycles. The Labute approximate surface area is 153 Å². The van der Waals surface area contributed by atoms with Crippen molar-refractivity contribution in [3.05, 3.63) is 24.3 Å². The van der Waals surface area contributed by atoms with Crippen molar-refractivity contribution in [2.24, 2.45) is 0 Å². The molecule has 8 nitrogen and oxygen atoms in total. The average Bonchev–Trinajstić information content (AvgIpc) is 2.60. The minimum absolute atomic E-state index is 0. The molecule has 2 rings (SSSR count). The predicted octanol–water partition coefficient (Wildman–Crippen LogP) is 0.640. The quantitative estimate of drug-likeness (QED) is 0.613. The average molecular weight is 392 g/mol. The van der Waals surface area contributed by atoms with E-state index < -0.39 is 22.5 Å². The molecule has 0 spiro atoms. The number of amides is 1. The lowest BCUT2D eigenvalue weighted by Gasteiger charge is -2.22. The maximum Gasteiger partial charge on any atom is 0.320 e. The molecule has 1 aromatic carbocycles. The first-order valence-electron chi connectivity index (χ1n) is 7.63. The van der Waals surface area contributed by atoms with E-state index in [9.17, 15) is 18.0 Å². The van der Waals surface area contributed by atoms with Gasteiger partial charge in [0.25, 0.3) is 0 Å². The summed E-state index contributed by atoms with van der Waals surface area (Å²) >= 11 is 0. The molecular weight excluding hydrogens is 370 g/mol. The number of anilines is 1. The molecule has 1 aliphatic rings. The highest BCUT2D eigenvalue weighted by molar-refractivity contribution is 7.89. The molecule has 0 bridgehead atoms. The third kappa shape index (κ3) is 6.28. The zero-order chi connectivity index (χ0) is 17.6. The van der Waals surface area contributed by atoms with Crippen LogP contribution in [0.25, 0.3) is 0 Å². The Morgan fingerprint density at radius 3 is 2.72 bits per heavy atom. The Bertz CT molecular complexity index is 705. The number of methoxy groups -OCH3 is 1. The molecule has 0 radical (unpaired) electrons. The number of hydrogen-bond acceptors (Lipinski definition) is 6. The highest BCUT2D eigenvalue weighted by Gasteiger charge is 2.21. The number of rotatable bonds is 6. The number of carbonyl (C=O) groups is 2. The second-order valence-electron chi connectivity index (χ2n) is 5.42. The van der Waals surface area contributed by atoms with Crippen LogP contribution in [0.15, 0.2) is 29.2 Å². The normalized spacial score (nSPS) is 17.2. The molecule has 0 aliphatic carbocycles. The molecule has 1 aromatic rings. The third-order valence-electron chi connectivity index (χ3n) is 3.67. The van der Waals surface area contributed by atoms with Crippen molar-refractivity contribution in [3.8, 4) is 0 Å². The van der Waals surface area contributed by atoms with Crippen LogP contribution in [0, 0.1) is 0 Å². The van der Waals surface area contributed by atoms with E-state index in [4.69, 9.17) is 0 Å². The molecule has 1 amide bonds. The summed E-state index contributed by atoms with van der Waals surface area (Å²) in [5.74, 6) is -0.877. The molecule has 3 N–H and O–H groups in total. The molecule has 140 valence electrons. The van der Waals surface area contributed by atoms with Gasteiger partial charge in [0.15, 0.2) is 0 Å². The number of halogens is 1. The molecule has 1 aliphatic heterocycles. The van der Waals surface area contributed by atoms with Crippen molar-refractivity contribution in [1.82, 2.24) is 10.0 Å². The zero-order valence-corrected chi connectivity index (χ0v) is 15.4. The smallest absolute Gasteiger partial charge is 0.320 e. The van der Waals surface area contributed by atoms with Gasteiger partial charge in [-0.3, -0.25) is 9.59 Å². The van der Waals surface area contributed by atoms with Gasteiger partial charge in [0.05, 0.1) is 18.0 Å². The Morgan fingerprint density at radius 2 is 2.08 bits per heavy atom. The number of sulfonamides is 1. The van der Waals surface area contributed by atoms with E-state index in [2.05, 4.69) is 20.1 Å². The van der Waals surface area contributed by atoms with E-state index in [-0.39, 0.29) is 29.3 Å². The molecule has 1 heterocycles. The highest BCUT2D eigenvalue weighted by atomic mass is 35.5. The van der Waals surface area contributed by atoms with Crippen LogP contribution in [0.5, 0.6) is 0 Å². The molecule has 25 heavy (non-hydrogen) atoms. The van der Waals surface area contributed by atoms with Crippen LogP contribution in [0.4, 0.5) is 5.69 Å². The summed E-state index contributed by atoms with van der Waals surface area (Å²) in [6, 6.07) is 5.60. The van der Waals surface area contributed by atoms with Gasteiger partial charge in [0.1, 0.15) is 6.54 Å². The third-order valence-corrected chi connectivity index (χ3v) is 5.07. The summed E-state index contributed by atoms with van der Waals surface area (Å²) in [6.07, 6.45) is 2.78. The Hall–Kier alpha value is -1.68. The Morgan fingerprint density at radius 1 is 1.32 bits per heavy atom. The molecule has 10 heteroatoms. The van der Waals surface area contributed by atoms with Gasteiger partial charge >= 0.3 is 5.97 Å². The molecule has 1 fully saturated rings. The monoisotopic (exact) mass is 391 g/mol. The number of benzene rings is 1. The maximum absolute atomic E-state index is 12.2. The first kappa shape index (κ1) is 21.4. The SMILES string of the molecule is COC(=O)CNS(=O)(=O)c1cccc(NC(=O)C2CCCCN2)c1.Cl. The predicted molar refractivity (Wildman–Crippen MR) is 95.2 cm³/mol. The lowest BCUT2D eigenvalue weighted by Crippen LogP contribution is -2.43. The highest BCUT2D eigenvalue weighted by Crippen LogP contribution is 2.16. The number of carbonyl (C=O) groups excluding carboxylic acids is 2. The van der Waals surface area contributed by atoms with Gasteiger partial charge < -0.3 is 15.4 Å². The lowest BCUT2D eigenvalue weighted by molar-refractivity contribution is -0.139. The first-order chi connectivity index (χ1) is 11.4. The molecule has 0 saturated carbocycles. The number of esters is 1. The lowest BCUT2D eigenvalue weighted by atomic mass is 10.0. The summed E-state index contributed by atoms with van der Waals surface area (Å²) in [6.45, 7) is 0.339. The van der Waals surface area contributed by atoms with Gasteiger partial charge in [-0.05, 0) is 37.6 Å². The van der Waals surface area contributed by atoms with Crippen LogP contribution in [-0.4, -0.2) is 46.5 Å². The standard InChI is InChI=1S/C15H21N3O5S.ClH/c1-23-14(19)10-17-24(21,22)12-6-4-5-11(9-12)18-15(20)13-7-2-3-8-16-13;/h4-6,9,13,16-17H,2-3,7-8,10H2,1H3,(H,18,20);1H. The number of hydrogen-bond donors (Lipinski definition) is 3. The second kappa shape index (κ2) is 9.71. The van der Waals surface area contributed by atoms with E-state index in [1.807, 2.05) is 0 Å². The fraction of sp³-hybridized carbons (Fsp3) is 0.467. The number of ether oxygens (including phenoxy) is 1. The summed E-state index contributed by atoms with van der Waals surface area (Å²) < 4.78 is 30.8. The van der Waals surface area contributed by atoms with Gasteiger partial charge in [-0.2, -0.15) is 4.72 Å². The van der Waals surface area contributed by atoms with Gasteiger partial charge in [-0.15, -0.1) is 12.4 Å². The molecule has 1 unspecified atom stereocenters. The molecule has 1 atom stereocenters. The minimum atomic E-state index is -3.87. The van der Waals surface area contributed by atoms with Gasteiger partial charge in [-0.1, -0.05) is 12.5 Å². The topological polar surface area (TPSA) is 114 Å². The summed E-state index contributed by atoms with van der Waals surface area (Å²) in [5, 5.41) is 5.84. The molecule has 1 saturated heterocycles. The van der Waals surface area contributed by atoms with Gasteiger partial charge in [-0.25, -0.2) is 8.42 Å². The van der Waals surface area contributed by atoms with E-state index in [0.29, 0.717) is 5.69 Å². The fourth-order valence-electron chi connectivity index (χ4n) is 2.36. The minimum Gasteiger partial charge on any atom is -0.468 e. The van der Waals surface area contributed by atoms with Crippen molar-refractivity contribution in [2.75, 3.05) is 25.5 Å². The van der Waals surface area contributed by atoms with Gasteiger partial charge in [0, 0.05) is 5.69 Å². The van der Waals surface area contributed by atoms with Crippen LogP contribution in [0.1, 0.15) is 19.3 Å². The van der Waals surface area contributed by atoms with E-state index >= 15 is 0 Å². The van der Waals surface area contributed by atoms with Crippen molar-refractivity contribution in [1.29, 1.82) is 0 Å². The maximum atomic E-state index is 12.2. The van der Waals surface area contributed by atoms with E-state index in [1.54, 1.807) is 6.07 Å². The number of nitrogens with one attached hydrogen (secondary N) is 3. The van der Waals surface area contributed by atoms with Crippen LogP contribution < -0.4 is 15.4 Å². The van der Waals surface area contributed by atoms with Crippen LogP contribution in [0.3, 0.4) is 0 Å². The number of piperidine rings is 1. The molecular formula is C15H22ClN3O5S. The van der Waals surface area contributed by atoms with Crippen molar-refractivity contribution >= 4 is 40.0 Å². The first-order valence-corrected chi connectivity index (χ1v) is 9.11. The zero-order valence-electron chi connectivity index (χ0n) is 13.8. The fourth-order valence-corrected chi connectivity index (χ4v) is 3.37.